The number of carbonyl (C=O) groups is 2. The number of hydrogen-bond donors (Lipinski definition) is 4. The molecule has 0 aliphatic rings. The molecule has 5 aromatic rings. The SMILES string of the molecule is COc1ccc(-c2cccc(NC(=O)Nc3nc4ccccc4[nH]3)c2)cc1N(C(Cc1ccccc1)C(=O)O)S(=O)[O-]. The van der Waals surface area contributed by atoms with Gasteiger partial charge in [-0.15, -0.1) is 0 Å². The molecule has 214 valence electrons. The van der Waals surface area contributed by atoms with Gasteiger partial charge in [0.05, 0.1) is 23.8 Å². The van der Waals surface area contributed by atoms with Crippen LogP contribution in [0.5, 0.6) is 5.75 Å². The van der Waals surface area contributed by atoms with E-state index in [9.17, 15) is 23.5 Å². The third-order valence-electron chi connectivity index (χ3n) is 6.49. The lowest BCUT2D eigenvalue weighted by atomic mass is 10.0. The number of rotatable bonds is 10. The summed E-state index contributed by atoms with van der Waals surface area (Å²) in [7, 11) is 1.38. The molecule has 0 saturated carbocycles. The molecule has 1 aromatic heterocycles. The van der Waals surface area contributed by atoms with Crippen LogP contribution < -0.4 is 19.7 Å². The standard InChI is InChI=1S/C30H27N5O6S/c1-41-27-15-14-21(18-25(27)35(42(39)40)26(28(36)37)16-19-8-3-2-4-9-19)20-10-7-11-22(17-20)31-30(38)34-29-32-23-12-5-6-13-24(23)33-29/h2-15,17-18,26H,16H2,1H3,(H,36,37)(H,39,40)(H3,31,32,33,34,38)/p-1. The molecule has 4 aromatic carbocycles. The summed E-state index contributed by atoms with van der Waals surface area (Å²) in [5.74, 6) is -0.835. The summed E-state index contributed by atoms with van der Waals surface area (Å²) in [4.78, 5) is 32.3. The van der Waals surface area contributed by atoms with Gasteiger partial charge in [0.1, 0.15) is 11.8 Å². The minimum atomic E-state index is -2.94. The Labute approximate surface area is 243 Å². The van der Waals surface area contributed by atoms with Crippen LogP contribution in [-0.2, 0) is 22.5 Å². The molecule has 0 aliphatic heterocycles. The third-order valence-corrected chi connectivity index (χ3v) is 7.26. The van der Waals surface area contributed by atoms with E-state index in [1.54, 1.807) is 72.8 Å². The van der Waals surface area contributed by atoms with Crippen molar-refractivity contribution in [3.05, 3.63) is 103 Å². The van der Waals surface area contributed by atoms with Gasteiger partial charge in [-0.25, -0.2) is 14.6 Å². The van der Waals surface area contributed by atoms with Crippen molar-refractivity contribution in [3.63, 3.8) is 0 Å². The number of aromatic nitrogens is 2. The van der Waals surface area contributed by atoms with Crippen LogP contribution in [0.2, 0.25) is 0 Å². The molecule has 0 aliphatic carbocycles. The Balaban J connectivity index is 1.41. The highest BCUT2D eigenvalue weighted by Gasteiger charge is 2.30. The Morgan fingerprint density at radius 3 is 2.43 bits per heavy atom. The first-order valence-corrected chi connectivity index (χ1v) is 13.8. The summed E-state index contributed by atoms with van der Waals surface area (Å²) < 4.78 is 31.2. The second-order valence-electron chi connectivity index (χ2n) is 9.24. The van der Waals surface area contributed by atoms with Crippen molar-refractivity contribution in [1.82, 2.24) is 9.97 Å². The van der Waals surface area contributed by atoms with Gasteiger partial charge in [0.25, 0.3) is 0 Å². The number of methoxy groups -OCH3 is 1. The number of amides is 2. The van der Waals surface area contributed by atoms with Gasteiger partial charge in [-0.05, 0) is 53.1 Å². The second-order valence-corrected chi connectivity index (χ2v) is 10.1. The lowest BCUT2D eigenvalue weighted by molar-refractivity contribution is -0.138. The topological polar surface area (TPSA) is 160 Å². The van der Waals surface area contributed by atoms with E-state index in [-0.39, 0.29) is 17.9 Å². The first kappa shape index (κ1) is 28.3. The molecule has 0 bridgehead atoms. The number of hydrogen-bond acceptors (Lipinski definition) is 6. The molecule has 0 fully saturated rings. The molecule has 11 nitrogen and oxygen atoms in total. The normalized spacial score (nSPS) is 12.3. The molecule has 0 spiro atoms. The fraction of sp³-hybridized carbons (Fsp3) is 0.100. The average Bonchev–Trinajstić information content (AvgIpc) is 3.39. The van der Waals surface area contributed by atoms with Gasteiger partial charge in [0.2, 0.25) is 5.95 Å². The Kier molecular flexibility index (Phi) is 8.46. The molecule has 0 saturated heterocycles. The first-order valence-electron chi connectivity index (χ1n) is 12.8. The zero-order valence-corrected chi connectivity index (χ0v) is 23.1. The molecule has 1 heterocycles. The number of imidazole rings is 1. The van der Waals surface area contributed by atoms with E-state index in [1.165, 1.54) is 7.11 Å². The number of urea groups is 1. The molecule has 5 rings (SSSR count). The van der Waals surface area contributed by atoms with Crippen molar-refractivity contribution in [2.24, 2.45) is 0 Å². The lowest BCUT2D eigenvalue weighted by Crippen LogP contribution is -2.44. The molecule has 12 heteroatoms. The molecule has 2 atom stereocenters. The number of fused-ring (bicyclic) bond motifs is 1. The number of para-hydroxylation sites is 2. The molecule has 0 radical (unpaired) electrons. The van der Waals surface area contributed by atoms with Crippen LogP contribution in [0.25, 0.3) is 22.2 Å². The fourth-order valence-corrected chi connectivity index (χ4v) is 5.24. The summed E-state index contributed by atoms with van der Waals surface area (Å²) in [6.07, 6.45) is -0.0583. The monoisotopic (exact) mass is 584 g/mol. The van der Waals surface area contributed by atoms with Gasteiger partial charge >= 0.3 is 12.0 Å². The second kappa shape index (κ2) is 12.5. The maximum atomic E-state index is 12.7. The molecule has 4 N–H and O–H groups in total. The zero-order chi connectivity index (χ0) is 29.6. The number of carbonyl (C=O) groups excluding carboxylic acids is 1. The quantitative estimate of drug-likeness (QED) is 0.165. The van der Waals surface area contributed by atoms with Gasteiger partial charge < -0.3 is 24.7 Å². The van der Waals surface area contributed by atoms with Crippen molar-refractivity contribution >= 4 is 51.6 Å². The number of aromatic amines is 1. The van der Waals surface area contributed by atoms with Crippen LogP contribution in [-0.4, -0.2) is 49.0 Å². The number of aliphatic carboxylic acids is 1. The largest absolute Gasteiger partial charge is 0.755 e. The van der Waals surface area contributed by atoms with E-state index >= 15 is 0 Å². The zero-order valence-electron chi connectivity index (χ0n) is 22.3. The maximum Gasteiger partial charge on any atom is 0.327 e. The van der Waals surface area contributed by atoms with Crippen LogP contribution in [0, 0.1) is 0 Å². The van der Waals surface area contributed by atoms with Gasteiger partial charge in [0, 0.05) is 23.4 Å². The number of benzene rings is 4. The lowest BCUT2D eigenvalue weighted by Gasteiger charge is -2.33. The number of anilines is 3. The van der Waals surface area contributed by atoms with Crippen molar-refractivity contribution < 1.29 is 28.2 Å². The summed E-state index contributed by atoms with van der Waals surface area (Å²) in [6.45, 7) is 0. The predicted octanol–water partition coefficient (Wildman–Crippen LogP) is 5.18. The van der Waals surface area contributed by atoms with Gasteiger partial charge in [-0.2, -0.15) is 0 Å². The Bertz CT molecular complexity index is 1730. The van der Waals surface area contributed by atoms with Crippen molar-refractivity contribution in [2.75, 3.05) is 22.0 Å². The number of carboxylic acid groups (broad SMARTS) is 1. The van der Waals surface area contributed by atoms with E-state index in [4.69, 9.17) is 4.74 Å². The van der Waals surface area contributed by atoms with Crippen LogP contribution in [0.3, 0.4) is 0 Å². The number of carboxylic acids is 1. The number of ether oxygens (including phenoxy) is 1. The summed E-state index contributed by atoms with van der Waals surface area (Å²) in [5, 5.41) is 15.5. The minimum Gasteiger partial charge on any atom is -0.755 e. The highest BCUT2D eigenvalue weighted by Crippen LogP contribution is 2.36. The van der Waals surface area contributed by atoms with Crippen LogP contribution >= 0.6 is 0 Å². The van der Waals surface area contributed by atoms with Crippen molar-refractivity contribution in [1.29, 1.82) is 0 Å². The first-order chi connectivity index (χ1) is 20.3. The summed E-state index contributed by atoms with van der Waals surface area (Å²) in [5.41, 5.74) is 3.91. The minimum absolute atomic E-state index is 0.0583. The summed E-state index contributed by atoms with van der Waals surface area (Å²) in [6, 6.07) is 26.0. The fourth-order valence-electron chi connectivity index (χ4n) is 4.56. The predicted molar refractivity (Wildman–Crippen MR) is 160 cm³/mol. The maximum absolute atomic E-state index is 12.7. The van der Waals surface area contributed by atoms with E-state index in [0.29, 0.717) is 33.8 Å². The van der Waals surface area contributed by atoms with Gasteiger partial charge in [-0.1, -0.05) is 60.7 Å². The Morgan fingerprint density at radius 2 is 1.71 bits per heavy atom. The summed E-state index contributed by atoms with van der Waals surface area (Å²) >= 11 is -2.94. The number of nitrogens with one attached hydrogen (secondary N) is 3. The molecular weight excluding hydrogens is 558 g/mol. The van der Waals surface area contributed by atoms with Crippen LogP contribution in [0.15, 0.2) is 97.1 Å². The molecule has 2 amide bonds. The number of H-pyrrole nitrogens is 1. The van der Waals surface area contributed by atoms with Gasteiger partial charge in [0.15, 0.2) is 0 Å². The van der Waals surface area contributed by atoms with E-state index in [0.717, 1.165) is 9.82 Å². The van der Waals surface area contributed by atoms with Crippen LogP contribution in [0.4, 0.5) is 22.1 Å². The smallest absolute Gasteiger partial charge is 0.327 e. The van der Waals surface area contributed by atoms with E-state index < -0.39 is 29.3 Å². The highest BCUT2D eigenvalue weighted by molar-refractivity contribution is 7.80. The molecular formula is C30H26N5O6S-. The van der Waals surface area contributed by atoms with E-state index in [1.807, 2.05) is 24.3 Å². The molecule has 2 unspecified atom stereocenters. The Morgan fingerprint density at radius 1 is 0.976 bits per heavy atom. The third kappa shape index (κ3) is 6.40. The van der Waals surface area contributed by atoms with Gasteiger partial charge in [-0.3, -0.25) is 13.8 Å². The van der Waals surface area contributed by atoms with E-state index in [2.05, 4.69) is 20.6 Å². The van der Waals surface area contributed by atoms with Crippen LogP contribution in [0.1, 0.15) is 5.56 Å². The van der Waals surface area contributed by atoms with Crippen molar-refractivity contribution in [2.45, 2.75) is 12.5 Å². The van der Waals surface area contributed by atoms with Crippen molar-refractivity contribution in [3.8, 4) is 16.9 Å². The Hall–Kier alpha value is -5.20. The molecule has 42 heavy (non-hydrogen) atoms. The highest BCUT2D eigenvalue weighted by atomic mass is 32.2. The average molecular weight is 585 g/mol. The number of nitrogens with zero attached hydrogens (tertiary/aromatic N) is 2.